The third-order valence-electron chi connectivity index (χ3n) is 1.94. The van der Waals surface area contributed by atoms with Gasteiger partial charge in [0.25, 0.3) is 0 Å². The van der Waals surface area contributed by atoms with Crippen LogP contribution in [0.25, 0.3) is 0 Å². The topological polar surface area (TPSA) is 58.1 Å². The maximum atomic E-state index is 8.83. The minimum absolute atomic E-state index is 0.00681. The smallest absolute Gasteiger partial charge is 0.136 e. The number of H-pyrrole nitrogens is 1. The highest BCUT2D eigenvalue weighted by Gasteiger charge is 2.18. The summed E-state index contributed by atoms with van der Waals surface area (Å²) in [7, 11) is 0. The lowest BCUT2D eigenvalue weighted by Gasteiger charge is -2.20. The summed E-state index contributed by atoms with van der Waals surface area (Å²) in [6.45, 7) is 0.789. The van der Waals surface area contributed by atoms with Gasteiger partial charge in [0.2, 0.25) is 0 Å². The Labute approximate surface area is 80.7 Å². The maximum Gasteiger partial charge on any atom is 0.136 e. The molecule has 2 heterocycles. The first kappa shape index (κ1) is 9.05. The van der Waals surface area contributed by atoms with Gasteiger partial charge < -0.3 is 14.8 Å². The zero-order chi connectivity index (χ0) is 9.10. The Morgan fingerprint density at radius 3 is 3.31 bits per heavy atom. The van der Waals surface area contributed by atoms with Crippen LogP contribution in [0.3, 0.4) is 0 Å². The van der Waals surface area contributed by atoms with Gasteiger partial charge in [-0.15, -0.1) is 0 Å². The van der Waals surface area contributed by atoms with Gasteiger partial charge in [-0.05, 0) is 0 Å². The first-order valence-corrected chi connectivity index (χ1v) is 5.39. The molecule has 1 aliphatic heterocycles. The first-order valence-electron chi connectivity index (χ1n) is 4.24. The van der Waals surface area contributed by atoms with E-state index in [0.29, 0.717) is 0 Å². The average Bonchev–Trinajstić information content (AvgIpc) is 2.67. The molecule has 0 aliphatic carbocycles. The van der Waals surface area contributed by atoms with Crippen molar-refractivity contribution in [2.75, 3.05) is 18.1 Å². The largest absolute Gasteiger partial charge is 0.390 e. The molecule has 2 N–H and O–H groups in total. The number of aliphatic hydroxyl groups is 1. The Morgan fingerprint density at radius 2 is 2.69 bits per heavy atom. The zero-order valence-corrected chi connectivity index (χ0v) is 8.01. The zero-order valence-electron chi connectivity index (χ0n) is 7.19. The van der Waals surface area contributed by atoms with Gasteiger partial charge in [-0.25, -0.2) is 4.98 Å². The van der Waals surface area contributed by atoms with Gasteiger partial charge in [-0.1, -0.05) is 0 Å². The Bertz CT molecular complexity index is 271. The predicted octanol–water partition coefficient (Wildman–Crippen LogP) is 0.706. The number of imidazole rings is 1. The normalized spacial score (nSPS) is 23.3. The molecule has 1 unspecified atom stereocenters. The van der Waals surface area contributed by atoms with Gasteiger partial charge in [-0.3, -0.25) is 0 Å². The number of nitrogens with one attached hydrogen (secondary N) is 1. The number of aromatic nitrogens is 2. The lowest BCUT2D eigenvalue weighted by molar-refractivity contribution is 0.0699. The molecule has 0 radical (unpaired) electrons. The molecule has 13 heavy (non-hydrogen) atoms. The number of thioether (sulfide) groups is 1. The van der Waals surface area contributed by atoms with Crippen LogP contribution >= 0.6 is 11.8 Å². The number of hydrogen-bond acceptors (Lipinski definition) is 4. The van der Waals surface area contributed by atoms with Crippen molar-refractivity contribution in [1.82, 2.24) is 9.97 Å². The standard InChI is InChI=1S/C8H12N2O2S/c11-4-6-3-9-8(10-6)7-5-13-2-1-12-7/h3,7,11H,1-2,4-5H2,(H,9,10). The molecule has 0 amide bonds. The summed E-state index contributed by atoms with van der Waals surface area (Å²) in [5, 5.41) is 8.83. The summed E-state index contributed by atoms with van der Waals surface area (Å²) in [5.74, 6) is 2.83. The molecule has 1 fully saturated rings. The number of rotatable bonds is 2. The Morgan fingerprint density at radius 1 is 1.77 bits per heavy atom. The van der Waals surface area contributed by atoms with Gasteiger partial charge in [0.15, 0.2) is 0 Å². The van der Waals surface area contributed by atoms with Crippen LogP contribution in [0.2, 0.25) is 0 Å². The number of aliphatic hydroxyl groups excluding tert-OH is 1. The monoisotopic (exact) mass is 200 g/mol. The van der Waals surface area contributed by atoms with Gasteiger partial charge >= 0.3 is 0 Å². The minimum Gasteiger partial charge on any atom is -0.390 e. The van der Waals surface area contributed by atoms with E-state index in [-0.39, 0.29) is 12.7 Å². The summed E-state index contributed by atoms with van der Waals surface area (Å²) >= 11 is 1.87. The van der Waals surface area contributed by atoms with Crippen molar-refractivity contribution in [3.63, 3.8) is 0 Å². The highest BCUT2D eigenvalue weighted by atomic mass is 32.2. The van der Waals surface area contributed by atoms with E-state index in [1.165, 1.54) is 0 Å². The van der Waals surface area contributed by atoms with Crippen LogP contribution in [-0.4, -0.2) is 33.2 Å². The molecule has 5 heteroatoms. The lowest BCUT2D eigenvalue weighted by atomic mass is 10.4. The minimum atomic E-state index is 0.00681. The van der Waals surface area contributed by atoms with E-state index in [0.717, 1.165) is 29.6 Å². The van der Waals surface area contributed by atoms with E-state index >= 15 is 0 Å². The SMILES string of the molecule is OCc1cnc(C2CSCCO2)[nH]1. The van der Waals surface area contributed by atoms with Crippen molar-refractivity contribution in [3.8, 4) is 0 Å². The van der Waals surface area contributed by atoms with Crippen LogP contribution in [0.4, 0.5) is 0 Å². The molecule has 0 aromatic carbocycles. The molecule has 0 spiro atoms. The Balaban J connectivity index is 2.05. The summed E-state index contributed by atoms with van der Waals surface area (Å²) in [6, 6.07) is 0. The van der Waals surface area contributed by atoms with Gasteiger partial charge in [-0.2, -0.15) is 11.8 Å². The van der Waals surface area contributed by atoms with Gasteiger partial charge in [0, 0.05) is 11.5 Å². The fraction of sp³-hybridized carbons (Fsp3) is 0.625. The number of hydrogen-bond donors (Lipinski definition) is 2. The molecule has 2 rings (SSSR count). The van der Waals surface area contributed by atoms with Crippen molar-refractivity contribution >= 4 is 11.8 Å². The molecule has 72 valence electrons. The Kier molecular flexibility index (Phi) is 2.87. The Hall–Kier alpha value is -0.520. The third-order valence-corrected chi connectivity index (χ3v) is 2.93. The van der Waals surface area contributed by atoms with E-state index in [1.54, 1.807) is 6.20 Å². The quantitative estimate of drug-likeness (QED) is 0.738. The van der Waals surface area contributed by atoms with Crippen LogP contribution in [0.1, 0.15) is 17.6 Å². The van der Waals surface area contributed by atoms with Gasteiger partial charge in [0.05, 0.1) is 25.1 Å². The fourth-order valence-corrected chi connectivity index (χ4v) is 2.12. The number of ether oxygens (including phenoxy) is 1. The maximum absolute atomic E-state index is 8.83. The lowest BCUT2D eigenvalue weighted by Crippen LogP contribution is -2.16. The van der Waals surface area contributed by atoms with E-state index < -0.39 is 0 Å². The number of nitrogens with zero attached hydrogens (tertiary/aromatic N) is 1. The second kappa shape index (κ2) is 4.13. The van der Waals surface area contributed by atoms with Crippen LogP contribution in [0, 0.1) is 0 Å². The second-order valence-corrected chi connectivity index (χ2v) is 4.04. The van der Waals surface area contributed by atoms with Gasteiger partial charge in [0.1, 0.15) is 11.9 Å². The fourth-order valence-electron chi connectivity index (χ4n) is 1.27. The van der Waals surface area contributed by atoms with Crippen molar-refractivity contribution < 1.29 is 9.84 Å². The van der Waals surface area contributed by atoms with Crippen molar-refractivity contribution in [3.05, 3.63) is 17.7 Å². The van der Waals surface area contributed by atoms with Crippen molar-refractivity contribution in [2.24, 2.45) is 0 Å². The molecule has 1 aliphatic rings. The first-order chi connectivity index (χ1) is 6.40. The van der Waals surface area contributed by atoms with Crippen LogP contribution in [0.15, 0.2) is 6.20 Å². The van der Waals surface area contributed by atoms with E-state index in [4.69, 9.17) is 9.84 Å². The van der Waals surface area contributed by atoms with Crippen molar-refractivity contribution in [2.45, 2.75) is 12.7 Å². The van der Waals surface area contributed by atoms with E-state index in [9.17, 15) is 0 Å². The molecule has 1 aromatic rings. The molecular formula is C8H12N2O2S. The summed E-state index contributed by atoms with van der Waals surface area (Å²) < 4.78 is 5.53. The molecular weight excluding hydrogens is 188 g/mol. The van der Waals surface area contributed by atoms with E-state index in [1.807, 2.05) is 11.8 Å². The van der Waals surface area contributed by atoms with Crippen molar-refractivity contribution in [1.29, 1.82) is 0 Å². The van der Waals surface area contributed by atoms with Crippen LogP contribution in [0.5, 0.6) is 0 Å². The second-order valence-electron chi connectivity index (χ2n) is 2.89. The molecule has 0 saturated carbocycles. The van der Waals surface area contributed by atoms with E-state index in [2.05, 4.69) is 9.97 Å². The molecule has 4 nitrogen and oxygen atoms in total. The summed E-state index contributed by atoms with van der Waals surface area (Å²) in [4.78, 5) is 7.19. The highest BCUT2D eigenvalue weighted by Crippen LogP contribution is 2.24. The third kappa shape index (κ3) is 2.04. The average molecular weight is 200 g/mol. The highest BCUT2D eigenvalue weighted by molar-refractivity contribution is 7.99. The van der Waals surface area contributed by atoms with Crippen LogP contribution < -0.4 is 0 Å². The molecule has 0 bridgehead atoms. The predicted molar refractivity (Wildman–Crippen MR) is 50.5 cm³/mol. The van der Waals surface area contributed by atoms with Crippen LogP contribution in [-0.2, 0) is 11.3 Å². The summed E-state index contributed by atoms with van der Waals surface area (Å²) in [5.41, 5.74) is 0.745. The molecule has 1 saturated heterocycles. The molecule has 1 aromatic heterocycles. The summed E-state index contributed by atoms with van der Waals surface area (Å²) in [6.07, 6.45) is 1.72. The number of aromatic amines is 1. The molecule has 1 atom stereocenters.